The summed E-state index contributed by atoms with van der Waals surface area (Å²) in [5, 5.41) is 0. The van der Waals surface area contributed by atoms with Crippen LogP contribution >= 0.6 is 0 Å². The van der Waals surface area contributed by atoms with Gasteiger partial charge in [0.15, 0.2) is 0 Å². The van der Waals surface area contributed by atoms with E-state index in [1.807, 2.05) is 0 Å². The van der Waals surface area contributed by atoms with E-state index >= 15 is 0 Å². The van der Waals surface area contributed by atoms with Crippen LogP contribution in [0.2, 0.25) is 0 Å². The van der Waals surface area contributed by atoms with E-state index in [1.165, 1.54) is 154 Å². The van der Waals surface area contributed by atoms with Crippen molar-refractivity contribution < 1.29 is 4.79 Å². The summed E-state index contributed by atoms with van der Waals surface area (Å²) >= 11 is 0. The average molecular weight is 423 g/mol. The van der Waals surface area contributed by atoms with Gasteiger partial charge in [0.2, 0.25) is 0 Å². The number of aldehydes is 1. The largest absolute Gasteiger partial charge is 0.303 e. The van der Waals surface area contributed by atoms with Gasteiger partial charge in [-0.25, -0.2) is 0 Å². The number of unbranched alkanes of at least 4 members (excludes halogenated alkanes) is 21. The van der Waals surface area contributed by atoms with Crippen molar-refractivity contribution in [2.24, 2.45) is 5.92 Å². The van der Waals surface area contributed by atoms with E-state index in [-0.39, 0.29) is 0 Å². The molecule has 0 aliphatic heterocycles. The van der Waals surface area contributed by atoms with Gasteiger partial charge in [-0.3, -0.25) is 0 Å². The van der Waals surface area contributed by atoms with Crippen molar-refractivity contribution in [2.75, 3.05) is 0 Å². The third-order valence-electron chi connectivity index (χ3n) is 6.80. The Kier molecular flexibility index (Phi) is 26.4. The van der Waals surface area contributed by atoms with Gasteiger partial charge in [0.25, 0.3) is 0 Å². The molecule has 0 bridgehead atoms. The van der Waals surface area contributed by atoms with Crippen LogP contribution in [0.1, 0.15) is 174 Å². The molecular formula is C29H58O. The molecule has 0 saturated heterocycles. The first kappa shape index (κ1) is 29.7. The standard InChI is InChI=1S/C29H58O/c1-3-5-7-9-11-13-15-16-17-19-21-23-25-27-29(28-30)26-24-22-20-18-14-12-10-8-6-4-2/h28-29H,3-27H2,1-2H3. The molecule has 0 fully saturated rings. The Morgan fingerprint density at radius 1 is 0.400 bits per heavy atom. The van der Waals surface area contributed by atoms with Crippen LogP contribution in [0.25, 0.3) is 0 Å². The quantitative estimate of drug-likeness (QED) is 0.1000. The Morgan fingerprint density at radius 2 is 0.633 bits per heavy atom. The molecule has 0 heterocycles. The van der Waals surface area contributed by atoms with E-state index in [1.54, 1.807) is 0 Å². The summed E-state index contributed by atoms with van der Waals surface area (Å²) in [5.74, 6) is 0.340. The summed E-state index contributed by atoms with van der Waals surface area (Å²) in [4.78, 5) is 11.3. The van der Waals surface area contributed by atoms with Crippen molar-refractivity contribution in [2.45, 2.75) is 174 Å². The van der Waals surface area contributed by atoms with Crippen LogP contribution in [0.4, 0.5) is 0 Å². The second kappa shape index (κ2) is 26.7. The minimum atomic E-state index is 0.340. The van der Waals surface area contributed by atoms with E-state index < -0.39 is 0 Å². The van der Waals surface area contributed by atoms with Crippen LogP contribution in [-0.2, 0) is 4.79 Å². The van der Waals surface area contributed by atoms with Gasteiger partial charge in [-0.2, -0.15) is 0 Å². The first-order valence-corrected chi connectivity index (χ1v) is 14.3. The third-order valence-corrected chi connectivity index (χ3v) is 6.80. The van der Waals surface area contributed by atoms with Gasteiger partial charge in [-0.1, -0.05) is 162 Å². The molecule has 0 amide bonds. The zero-order chi connectivity index (χ0) is 22.0. The maximum absolute atomic E-state index is 11.3. The summed E-state index contributed by atoms with van der Waals surface area (Å²) in [6, 6.07) is 0. The monoisotopic (exact) mass is 422 g/mol. The Labute approximate surface area is 191 Å². The molecule has 0 aliphatic carbocycles. The van der Waals surface area contributed by atoms with Crippen molar-refractivity contribution in [1.29, 1.82) is 0 Å². The van der Waals surface area contributed by atoms with E-state index in [2.05, 4.69) is 13.8 Å². The molecule has 0 aliphatic rings. The molecule has 0 aromatic rings. The Morgan fingerprint density at radius 3 is 0.867 bits per heavy atom. The molecule has 0 aromatic heterocycles. The van der Waals surface area contributed by atoms with Crippen LogP contribution in [0.3, 0.4) is 0 Å². The highest BCUT2D eigenvalue weighted by atomic mass is 16.1. The van der Waals surface area contributed by atoms with Gasteiger partial charge in [0, 0.05) is 5.92 Å². The van der Waals surface area contributed by atoms with Gasteiger partial charge in [-0.15, -0.1) is 0 Å². The highest BCUT2D eigenvalue weighted by Gasteiger charge is 2.06. The highest BCUT2D eigenvalue weighted by molar-refractivity contribution is 5.53. The van der Waals surface area contributed by atoms with Crippen molar-refractivity contribution in [1.82, 2.24) is 0 Å². The van der Waals surface area contributed by atoms with Gasteiger partial charge in [0.05, 0.1) is 0 Å². The van der Waals surface area contributed by atoms with Crippen molar-refractivity contribution >= 4 is 6.29 Å². The van der Waals surface area contributed by atoms with E-state index in [0.717, 1.165) is 12.8 Å². The molecule has 0 aromatic carbocycles. The summed E-state index contributed by atoms with van der Waals surface area (Å²) in [7, 11) is 0. The number of hydrogen-bond acceptors (Lipinski definition) is 1. The maximum Gasteiger partial charge on any atom is 0.123 e. The minimum absolute atomic E-state index is 0.340. The number of hydrogen-bond donors (Lipinski definition) is 0. The number of rotatable bonds is 26. The van der Waals surface area contributed by atoms with Gasteiger partial charge >= 0.3 is 0 Å². The summed E-state index contributed by atoms with van der Waals surface area (Å²) < 4.78 is 0. The van der Waals surface area contributed by atoms with Gasteiger partial charge in [-0.05, 0) is 12.8 Å². The molecule has 1 nitrogen and oxygen atoms in total. The molecule has 0 spiro atoms. The fraction of sp³-hybridized carbons (Fsp3) is 0.966. The van der Waals surface area contributed by atoms with Crippen LogP contribution in [0, 0.1) is 5.92 Å². The van der Waals surface area contributed by atoms with E-state index in [9.17, 15) is 4.79 Å². The molecular weight excluding hydrogens is 364 g/mol. The normalized spacial score (nSPS) is 12.3. The van der Waals surface area contributed by atoms with Crippen LogP contribution in [0.15, 0.2) is 0 Å². The Balaban J connectivity index is 3.27. The molecule has 1 atom stereocenters. The maximum atomic E-state index is 11.3. The molecule has 1 heteroatoms. The van der Waals surface area contributed by atoms with Gasteiger partial charge < -0.3 is 4.79 Å². The first-order chi connectivity index (χ1) is 14.8. The minimum Gasteiger partial charge on any atom is -0.303 e. The second-order valence-corrected chi connectivity index (χ2v) is 9.90. The lowest BCUT2D eigenvalue weighted by Crippen LogP contribution is -2.02. The zero-order valence-corrected chi connectivity index (χ0v) is 21.2. The van der Waals surface area contributed by atoms with Crippen molar-refractivity contribution in [3.63, 3.8) is 0 Å². The summed E-state index contributed by atoms with van der Waals surface area (Å²) in [6.45, 7) is 4.57. The molecule has 30 heavy (non-hydrogen) atoms. The summed E-state index contributed by atoms with van der Waals surface area (Å²) in [6.07, 6.45) is 35.6. The zero-order valence-electron chi connectivity index (χ0n) is 21.2. The average Bonchev–Trinajstić information content (AvgIpc) is 2.76. The van der Waals surface area contributed by atoms with Crippen LogP contribution < -0.4 is 0 Å². The van der Waals surface area contributed by atoms with E-state index in [4.69, 9.17) is 0 Å². The van der Waals surface area contributed by atoms with E-state index in [0.29, 0.717) is 5.92 Å². The molecule has 1 unspecified atom stereocenters. The predicted octanol–water partition coefficient (Wildman–Crippen LogP) is 10.6. The van der Waals surface area contributed by atoms with Crippen molar-refractivity contribution in [3.05, 3.63) is 0 Å². The lowest BCUT2D eigenvalue weighted by atomic mass is 9.95. The van der Waals surface area contributed by atoms with Crippen LogP contribution in [-0.4, -0.2) is 6.29 Å². The molecule has 0 N–H and O–H groups in total. The van der Waals surface area contributed by atoms with Gasteiger partial charge in [0.1, 0.15) is 6.29 Å². The lowest BCUT2D eigenvalue weighted by Gasteiger charge is -2.10. The smallest absolute Gasteiger partial charge is 0.123 e. The second-order valence-electron chi connectivity index (χ2n) is 9.90. The predicted molar refractivity (Wildman–Crippen MR) is 136 cm³/mol. The highest BCUT2D eigenvalue weighted by Crippen LogP contribution is 2.18. The Hall–Kier alpha value is -0.330. The first-order valence-electron chi connectivity index (χ1n) is 14.3. The molecule has 0 rings (SSSR count). The number of carbonyl (C=O) groups is 1. The molecule has 0 radical (unpaired) electrons. The SMILES string of the molecule is CCCCCCCCCCCCCCCC(C=O)CCCCCCCCCCCC. The van der Waals surface area contributed by atoms with Crippen molar-refractivity contribution in [3.8, 4) is 0 Å². The topological polar surface area (TPSA) is 17.1 Å². The fourth-order valence-corrected chi connectivity index (χ4v) is 4.60. The Bertz CT molecular complexity index is 311. The fourth-order valence-electron chi connectivity index (χ4n) is 4.60. The third kappa shape index (κ3) is 23.9. The number of carbonyl (C=O) groups excluding carboxylic acids is 1. The van der Waals surface area contributed by atoms with Crippen LogP contribution in [0.5, 0.6) is 0 Å². The lowest BCUT2D eigenvalue weighted by molar-refractivity contribution is -0.111. The molecule has 180 valence electrons. The molecule has 0 saturated carbocycles. The summed E-state index contributed by atoms with van der Waals surface area (Å²) in [5.41, 5.74) is 0.